The van der Waals surface area contributed by atoms with Gasteiger partial charge in [0.05, 0.1) is 11.2 Å². The van der Waals surface area contributed by atoms with Gasteiger partial charge in [-0.2, -0.15) is 0 Å². The van der Waals surface area contributed by atoms with Gasteiger partial charge in [0.2, 0.25) is 0 Å². The van der Waals surface area contributed by atoms with Crippen LogP contribution in [-0.4, -0.2) is 10.8 Å². The predicted molar refractivity (Wildman–Crippen MR) is 77.2 cm³/mol. The topological polar surface area (TPSA) is 30.0 Å². The van der Waals surface area contributed by atoms with Gasteiger partial charge in [-0.25, -0.2) is 4.98 Å². The second-order valence-electron chi connectivity index (χ2n) is 4.49. The summed E-state index contributed by atoms with van der Waals surface area (Å²) < 4.78 is 0. The third-order valence-corrected chi connectivity index (χ3v) is 3.18. The van der Waals surface area contributed by atoms with Crippen molar-refractivity contribution in [2.24, 2.45) is 0 Å². The zero-order valence-corrected chi connectivity index (χ0v) is 10.6. The molecular weight excluding hydrogens is 234 g/mol. The molecule has 19 heavy (non-hydrogen) atoms. The van der Waals surface area contributed by atoms with Gasteiger partial charge in [-0.15, -0.1) is 0 Å². The zero-order chi connectivity index (χ0) is 13.2. The van der Waals surface area contributed by atoms with Gasteiger partial charge in [-0.3, -0.25) is 4.79 Å². The highest BCUT2D eigenvalue weighted by atomic mass is 16.1. The summed E-state index contributed by atoms with van der Waals surface area (Å²) in [6, 6.07) is 19.6. The van der Waals surface area contributed by atoms with Crippen molar-refractivity contribution in [1.29, 1.82) is 0 Å². The quantitative estimate of drug-likeness (QED) is 0.638. The van der Waals surface area contributed by atoms with E-state index >= 15 is 0 Å². The lowest BCUT2D eigenvalue weighted by atomic mass is 10.0. The predicted octanol–water partition coefficient (Wildman–Crippen LogP) is 4.10. The SMILES string of the molecule is CC(=O)c1ccccc1-c1ccc2ccccc2n1. The highest BCUT2D eigenvalue weighted by molar-refractivity contribution is 6.00. The summed E-state index contributed by atoms with van der Waals surface area (Å²) in [4.78, 5) is 16.3. The maximum atomic E-state index is 11.7. The highest BCUT2D eigenvalue weighted by Gasteiger charge is 2.09. The monoisotopic (exact) mass is 247 g/mol. The van der Waals surface area contributed by atoms with Crippen molar-refractivity contribution in [3.63, 3.8) is 0 Å². The summed E-state index contributed by atoms with van der Waals surface area (Å²) in [5.74, 6) is 0.0607. The molecule has 3 aromatic rings. The molecule has 1 heterocycles. The summed E-state index contributed by atoms with van der Waals surface area (Å²) in [5.41, 5.74) is 3.38. The van der Waals surface area contributed by atoms with Crippen LogP contribution >= 0.6 is 0 Å². The van der Waals surface area contributed by atoms with Crippen LogP contribution in [0.1, 0.15) is 17.3 Å². The van der Waals surface area contributed by atoms with Crippen molar-refractivity contribution in [3.8, 4) is 11.3 Å². The van der Waals surface area contributed by atoms with E-state index in [1.165, 1.54) is 0 Å². The molecule has 0 aliphatic heterocycles. The van der Waals surface area contributed by atoms with E-state index in [2.05, 4.69) is 4.98 Å². The number of para-hydroxylation sites is 1. The van der Waals surface area contributed by atoms with E-state index in [4.69, 9.17) is 0 Å². The Morgan fingerprint density at radius 1 is 0.895 bits per heavy atom. The molecule has 0 saturated carbocycles. The van der Waals surface area contributed by atoms with E-state index in [1.807, 2.05) is 60.7 Å². The Hall–Kier alpha value is -2.48. The van der Waals surface area contributed by atoms with Crippen LogP contribution < -0.4 is 0 Å². The van der Waals surface area contributed by atoms with Crippen molar-refractivity contribution >= 4 is 16.7 Å². The molecule has 2 aromatic carbocycles. The first-order chi connectivity index (χ1) is 9.25. The van der Waals surface area contributed by atoms with Crippen molar-refractivity contribution in [1.82, 2.24) is 4.98 Å². The number of hydrogen-bond acceptors (Lipinski definition) is 2. The Bertz CT molecular complexity index is 762. The molecule has 2 heteroatoms. The number of aromatic nitrogens is 1. The molecule has 3 rings (SSSR count). The molecule has 0 radical (unpaired) electrons. The van der Waals surface area contributed by atoms with Crippen LogP contribution in [0.4, 0.5) is 0 Å². The van der Waals surface area contributed by atoms with Crippen LogP contribution in [0.25, 0.3) is 22.2 Å². The van der Waals surface area contributed by atoms with E-state index < -0.39 is 0 Å². The minimum Gasteiger partial charge on any atom is -0.294 e. The Morgan fingerprint density at radius 3 is 2.47 bits per heavy atom. The number of pyridine rings is 1. The van der Waals surface area contributed by atoms with Gasteiger partial charge >= 0.3 is 0 Å². The normalized spacial score (nSPS) is 10.6. The molecule has 0 unspecified atom stereocenters. The van der Waals surface area contributed by atoms with Crippen molar-refractivity contribution in [3.05, 3.63) is 66.2 Å². The van der Waals surface area contributed by atoms with Gasteiger partial charge in [-0.1, -0.05) is 48.5 Å². The summed E-state index contributed by atoms with van der Waals surface area (Å²) in [7, 11) is 0. The van der Waals surface area contributed by atoms with Gasteiger partial charge in [0.1, 0.15) is 0 Å². The molecule has 0 atom stereocenters. The Morgan fingerprint density at radius 2 is 1.63 bits per heavy atom. The molecule has 92 valence electrons. The van der Waals surface area contributed by atoms with E-state index in [9.17, 15) is 4.79 Å². The van der Waals surface area contributed by atoms with Crippen LogP contribution in [0.15, 0.2) is 60.7 Å². The lowest BCUT2D eigenvalue weighted by Gasteiger charge is -2.07. The number of benzene rings is 2. The van der Waals surface area contributed by atoms with Crippen LogP contribution in [0, 0.1) is 0 Å². The summed E-state index contributed by atoms with van der Waals surface area (Å²) in [6.07, 6.45) is 0. The van der Waals surface area contributed by atoms with Gasteiger partial charge in [0, 0.05) is 16.5 Å². The molecule has 1 aromatic heterocycles. The molecule has 0 saturated heterocycles. The number of Topliss-reactive ketones (excluding diaryl/α,β-unsaturated/α-hetero) is 1. The molecule has 0 aliphatic carbocycles. The first kappa shape index (κ1) is 11.6. The molecule has 0 aliphatic rings. The van der Waals surface area contributed by atoms with Crippen LogP contribution in [0.5, 0.6) is 0 Å². The van der Waals surface area contributed by atoms with Gasteiger partial charge in [0.15, 0.2) is 5.78 Å². The Kier molecular flexibility index (Phi) is 2.84. The van der Waals surface area contributed by atoms with Crippen LogP contribution in [-0.2, 0) is 0 Å². The number of carbonyl (C=O) groups is 1. The fourth-order valence-corrected chi connectivity index (χ4v) is 2.23. The average molecular weight is 247 g/mol. The number of ketones is 1. The number of hydrogen-bond donors (Lipinski definition) is 0. The second kappa shape index (κ2) is 4.65. The van der Waals surface area contributed by atoms with E-state index in [-0.39, 0.29) is 5.78 Å². The van der Waals surface area contributed by atoms with Crippen molar-refractivity contribution < 1.29 is 4.79 Å². The van der Waals surface area contributed by atoms with Crippen molar-refractivity contribution in [2.75, 3.05) is 0 Å². The molecule has 0 spiro atoms. The fraction of sp³-hybridized carbons (Fsp3) is 0.0588. The van der Waals surface area contributed by atoms with Crippen LogP contribution in [0.3, 0.4) is 0 Å². The highest BCUT2D eigenvalue weighted by Crippen LogP contribution is 2.24. The number of rotatable bonds is 2. The first-order valence-corrected chi connectivity index (χ1v) is 6.22. The third kappa shape index (κ3) is 2.13. The smallest absolute Gasteiger partial charge is 0.160 e. The largest absolute Gasteiger partial charge is 0.294 e. The summed E-state index contributed by atoms with van der Waals surface area (Å²) in [6.45, 7) is 1.58. The maximum Gasteiger partial charge on any atom is 0.160 e. The summed E-state index contributed by atoms with van der Waals surface area (Å²) in [5, 5.41) is 1.10. The standard InChI is InChI=1S/C17H13NO/c1-12(19)14-7-3-4-8-15(14)17-11-10-13-6-2-5-9-16(13)18-17/h2-11H,1H3. The minimum atomic E-state index is 0.0607. The Balaban J connectivity index is 2.22. The van der Waals surface area contributed by atoms with Gasteiger partial charge in [0.25, 0.3) is 0 Å². The van der Waals surface area contributed by atoms with Gasteiger partial charge < -0.3 is 0 Å². The lowest BCUT2D eigenvalue weighted by molar-refractivity contribution is 0.101. The number of nitrogens with zero attached hydrogens (tertiary/aromatic N) is 1. The maximum absolute atomic E-state index is 11.7. The third-order valence-electron chi connectivity index (χ3n) is 3.18. The molecule has 0 amide bonds. The van der Waals surface area contributed by atoms with Crippen LogP contribution in [0.2, 0.25) is 0 Å². The molecule has 2 nitrogen and oxygen atoms in total. The van der Waals surface area contributed by atoms with Gasteiger partial charge in [-0.05, 0) is 19.1 Å². The average Bonchev–Trinajstić information content (AvgIpc) is 2.46. The Labute approximate surface area is 111 Å². The van der Waals surface area contributed by atoms with Crippen molar-refractivity contribution in [2.45, 2.75) is 6.92 Å². The molecule has 0 fully saturated rings. The number of carbonyl (C=O) groups excluding carboxylic acids is 1. The van der Waals surface area contributed by atoms with E-state index in [0.29, 0.717) is 5.56 Å². The fourth-order valence-electron chi connectivity index (χ4n) is 2.23. The molecule has 0 bridgehead atoms. The van der Waals surface area contributed by atoms with E-state index in [1.54, 1.807) is 6.92 Å². The van der Waals surface area contributed by atoms with E-state index in [0.717, 1.165) is 22.2 Å². The summed E-state index contributed by atoms with van der Waals surface area (Å²) >= 11 is 0. The molecular formula is C17H13NO. The first-order valence-electron chi connectivity index (χ1n) is 6.22. The lowest BCUT2D eigenvalue weighted by Crippen LogP contribution is -1.97. The second-order valence-corrected chi connectivity index (χ2v) is 4.49. The zero-order valence-electron chi connectivity index (χ0n) is 10.6. The molecule has 0 N–H and O–H groups in total. The minimum absolute atomic E-state index is 0.0607. The number of fused-ring (bicyclic) bond motifs is 1.